The molecule has 2 aromatic rings. The number of nitrogens with one attached hydrogen (secondary N) is 1. The van der Waals surface area contributed by atoms with E-state index >= 15 is 0 Å². The molecular weight excluding hydrogens is 328 g/mol. The summed E-state index contributed by atoms with van der Waals surface area (Å²) < 4.78 is 32.4. The Morgan fingerprint density at radius 1 is 1.10 bits per heavy atom. The lowest BCUT2D eigenvalue weighted by atomic mass is 10.1. The Hall–Kier alpha value is -1.62. The number of anilines is 1. The fraction of sp³-hybridized carbons (Fsp3) is 0.200. The highest BCUT2D eigenvalue weighted by Crippen LogP contribution is 2.29. The van der Waals surface area contributed by atoms with Gasteiger partial charge in [0, 0.05) is 17.8 Å². The third-order valence-electron chi connectivity index (χ3n) is 2.92. The normalized spacial score (nSPS) is 12.1. The topological polar surface area (TPSA) is 21.3 Å². The number of hydrogen-bond acceptors (Lipinski definition) is 2. The van der Waals surface area contributed by atoms with Gasteiger partial charge in [0.05, 0.1) is 11.6 Å². The van der Waals surface area contributed by atoms with E-state index in [0.29, 0.717) is 5.56 Å². The van der Waals surface area contributed by atoms with Gasteiger partial charge in [-0.15, -0.1) is 0 Å². The third kappa shape index (κ3) is 3.48. The SMILES string of the molecule is COc1ccc(NC(C)c2cc(F)cc(F)c2)cc1Br. The van der Waals surface area contributed by atoms with Crippen molar-refractivity contribution >= 4 is 21.6 Å². The number of halogens is 3. The van der Waals surface area contributed by atoms with E-state index in [1.807, 2.05) is 25.1 Å². The van der Waals surface area contributed by atoms with Crippen LogP contribution in [0.4, 0.5) is 14.5 Å². The summed E-state index contributed by atoms with van der Waals surface area (Å²) in [6, 6.07) is 8.78. The minimum Gasteiger partial charge on any atom is -0.496 e. The van der Waals surface area contributed by atoms with Crippen LogP contribution in [0.25, 0.3) is 0 Å². The van der Waals surface area contributed by atoms with Crippen LogP contribution in [0, 0.1) is 11.6 Å². The number of ether oxygens (including phenoxy) is 1. The highest BCUT2D eigenvalue weighted by Gasteiger charge is 2.10. The number of benzene rings is 2. The van der Waals surface area contributed by atoms with Gasteiger partial charge < -0.3 is 10.1 Å². The summed E-state index contributed by atoms with van der Waals surface area (Å²) in [6.07, 6.45) is 0. The standard InChI is InChI=1S/C15H14BrF2NO/c1-9(10-5-11(17)7-12(18)6-10)19-13-3-4-15(20-2)14(16)8-13/h3-9,19H,1-2H3. The smallest absolute Gasteiger partial charge is 0.133 e. The van der Waals surface area contributed by atoms with Gasteiger partial charge in [-0.05, 0) is 58.7 Å². The lowest BCUT2D eigenvalue weighted by molar-refractivity contribution is 0.412. The molecule has 0 aliphatic rings. The number of rotatable bonds is 4. The van der Waals surface area contributed by atoms with Crippen LogP contribution in [0.15, 0.2) is 40.9 Å². The first-order valence-corrected chi connectivity index (χ1v) is 6.85. The molecule has 0 aliphatic heterocycles. The Kier molecular flexibility index (Phi) is 4.60. The van der Waals surface area contributed by atoms with Gasteiger partial charge in [-0.25, -0.2) is 8.78 Å². The molecule has 0 aliphatic carbocycles. The summed E-state index contributed by atoms with van der Waals surface area (Å²) in [5.41, 5.74) is 1.38. The lowest BCUT2D eigenvalue weighted by Gasteiger charge is -2.17. The molecule has 5 heteroatoms. The van der Waals surface area contributed by atoms with Crippen LogP contribution in [-0.2, 0) is 0 Å². The van der Waals surface area contributed by atoms with Crippen LogP contribution >= 0.6 is 15.9 Å². The van der Waals surface area contributed by atoms with Gasteiger partial charge >= 0.3 is 0 Å². The second kappa shape index (κ2) is 6.22. The molecule has 0 amide bonds. The first-order valence-electron chi connectivity index (χ1n) is 6.05. The molecule has 0 aromatic heterocycles. The van der Waals surface area contributed by atoms with Crippen molar-refractivity contribution in [3.05, 3.63) is 58.1 Å². The van der Waals surface area contributed by atoms with Crippen molar-refractivity contribution in [2.45, 2.75) is 13.0 Å². The molecule has 0 saturated heterocycles. The minimum absolute atomic E-state index is 0.222. The monoisotopic (exact) mass is 341 g/mol. The zero-order valence-electron chi connectivity index (χ0n) is 11.1. The first-order chi connectivity index (χ1) is 9.49. The quantitative estimate of drug-likeness (QED) is 0.853. The maximum atomic E-state index is 13.2. The van der Waals surface area contributed by atoms with E-state index in [2.05, 4.69) is 21.2 Å². The van der Waals surface area contributed by atoms with Crippen molar-refractivity contribution in [3.8, 4) is 5.75 Å². The van der Waals surface area contributed by atoms with E-state index in [4.69, 9.17) is 4.74 Å². The summed E-state index contributed by atoms with van der Waals surface area (Å²) in [6.45, 7) is 1.84. The summed E-state index contributed by atoms with van der Waals surface area (Å²) in [7, 11) is 1.59. The molecule has 0 bridgehead atoms. The maximum absolute atomic E-state index is 13.2. The fourth-order valence-electron chi connectivity index (χ4n) is 1.91. The minimum atomic E-state index is -0.579. The Balaban J connectivity index is 2.18. The molecule has 20 heavy (non-hydrogen) atoms. The van der Waals surface area contributed by atoms with E-state index in [1.54, 1.807) is 7.11 Å². The van der Waals surface area contributed by atoms with E-state index in [9.17, 15) is 8.78 Å². The van der Waals surface area contributed by atoms with Crippen molar-refractivity contribution in [1.29, 1.82) is 0 Å². The van der Waals surface area contributed by atoms with Crippen molar-refractivity contribution < 1.29 is 13.5 Å². The summed E-state index contributed by atoms with van der Waals surface area (Å²) >= 11 is 3.39. The molecule has 106 valence electrons. The Morgan fingerprint density at radius 2 is 1.75 bits per heavy atom. The first kappa shape index (κ1) is 14.8. The van der Waals surface area contributed by atoms with Crippen LogP contribution in [0.2, 0.25) is 0 Å². The Bertz CT molecular complexity index is 599. The van der Waals surface area contributed by atoms with E-state index < -0.39 is 11.6 Å². The molecule has 2 nitrogen and oxygen atoms in total. The second-order valence-electron chi connectivity index (χ2n) is 4.42. The van der Waals surface area contributed by atoms with Crippen LogP contribution in [-0.4, -0.2) is 7.11 Å². The Labute approximate surface area is 124 Å². The molecule has 1 N–H and O–H groups in total. The van der Waals surface area contributed by atoms with Crippen LogP contribution < -0.4 is 10.1 Å². The predicted octanol–water partition coefficient (Wildman–Crippen LogP) is 4.91. The van der Waals surface area contributed by atoms with Gasteiger partial charge in [0.2, 0.25) is 0 Å². The molecule has 2 rings (SSSR count). The zero-order chi connectivity index (χ0) is 14.7. The van der Waals surface area contributed by atoms with Gasteiger partial charge in [0.1, 0.15) is 17.4 Å². The predicted molar refractivity (Wildman–Crippen MR) is 79.1 cm³/mol. The van der Waals surface area contributed by atoms with Gasteiger partial charge in [-0.1, -0.05) is 0 Å². The lowest BCUT2D eigenvalue weighted by Crippen LogP contribution is -2.07. The van der Waals surface area contributed by atoms with Crippen LogP contribution in [0.5, 0.6) is 5.75 Å². The average Bonchev–Trinajstić information content (AvgIpc) is 2.37. The van der Waals surface area contributed by atoms with Gasteiger partial charge in [-0.3, -0.25) is 0 Å². The van der Waals surface area contributed by atoms with E-state index in [1.165, 1.54) is 12.1 Å². The highest BCUT2D eigenvalue weighted by atomic mass is 79.9. The molecule has 2 aromatic carbocycles. The number of methoxy groups -OCH3 is 1. The van der Waals surface area contributed by atoms with Crippen molar-refractivity contribution in [2.24, 2.45) is 0 Å². The number of hydrogen-bond donors (Lipinski definition) is 1. The average molecular weight is 342 g/mol. The molecule has 0 fully saturated rings. The van der Waals surface area contributed by atoms with Crippen molar-refractivity contribution in [2.75, 3.05) is 12.4 Å². The Morgan fingerprint density at radius 3 is 2.30 bits per heavy atom. The van der Waals surface area contributed by atoms with E-state index in [0.717, 1.165) is 22.0 Å². The zero-order valence-corrected chi connectivity index (χ0v) is 12.7. The molecule has 0 saturated carbocycles. The van der Waals surface area contributed by atoms with Gasteiger partial charge in [-0.2, -0.15) is 0 Å². The third-order valence-corrected chi connectivity index (χ3v) is 3.54. The maximum Gasteiger partial charge on any atom is 0.133 e. The molecular formula is C15H14BrF2NO. The largest absolute Gasteiger partial charge is 0.496 e. The molecule has 1 atom stereocenters. The molecule has 0 radical (unpaired) electrons. The molecule has 1 unspecified atom stereocenters. The highest BCUT2D eigenvalue weighted by molar-refractivity contribution is 9.10. The van der Waals surface area contributed by atoms with Crippen LogP contribution in [0.3, 0.4) is 0 Å². The summed E-state index contributed by atoms with van der Waals surface area (Å²) in [4.78, 5) is 0. The summed E-state index contributed by atoms with van der Waals surface area (Å²) in [5.74, 6) is -0.436. The van der Waals surface area contributed by atoms with Crippen LogP contribution in [0.1, 0.15) is 18.5 Å². The van der Waals surface area contributed by atoms with Crippen molar-refractivity contribution in [1.82, 2.24) is 0 Å². The molecule has 0 spiro atoms. The molecule has 0 heterocycles. The second-order valence-corrected chi connectivity index (χ2v) is 5.27. The van der Waals surface area contributed by atoms with Gasteiger partial charge in [0.25, 0.3) is 0 Å². The summed E-state index contributed by atoms with van der Waals surface area (Å²) in [5, 5.41) is 3.19. The fourth-order valence-corrected chi connectivity index (χ4v) is 2.46. The van der Waals surface area contributed by atoms with E-state index in [-0.39, 0.29) is 6.04 Å². The van der Waals surface area contributed by atoms with Crippen molar-refractivity contribution in [3.63, 3.8) is 0 Å². The van der Waals surface area contributed by atoms with Gasteiger partial charge in [0.15, 0.2) is 0 Å².